The van der Waals surface area contributed by atoms with Gasteiger partial charge in [0.05, 0.1) is 0 Å². The van der Waals surface area contributed by atoms with Crippen LogP contribution in [0.3, 0.4) is 0 Å². The first-order valence-electron chi connectivity index (χ1n) is 13.1. The first-order chi connectivity index (χ1) is 17.7. The van der Waals surface area contributed by atoms with Crippen LogP contribution in [0.1, 0.15) is 58.0 Å². The Morgan fingerprint density at radius 3 is 1.53 bits per heavy atom. The van der Waals surface area contributed by atoms with E-state index in [2.05, 4.69) is 141 Å². The third-order valence-electron chi connectivity index (χ3n) is 8.08. The van der Waals surface area contributed by atoms with E-state index in [1.807, 2.05) is 0 Å². The van der Waals surface area contributed by atoms with Gasteiger partial charge in [0.1, 0.15) is 0 Å². The maximum absolute atomic E-state index is 2.49. The summed E-state index contributed by atoms with van der Waals surface area (Å²) in [4.78, 5) is 0. The normalized spacial score (nSPS) is 14.6. The molecule has 2 atom stereocenters. The summed E-state index contributed by atoms with van der Waals surface area (Å²) in [6.45, 7) is 4.95. The van der Waals surface area contributed by atoms with Crippen LogP contribution in [0.2, 0.25) is 0 Å². The van der Waals surface area contributed by atoms with Crippen LogP contribution in [-0.4, -0.2) is 3.21 Å². The molecule has 0 bridgehead atoms. The van der Waals surface area contributed by atoms with Crippen LogP contribution in [0.4, 0.5) is 0 Å². The van der Waals surface area contributed by atoms with Crippen molar-refractivity contribution < 1.29 is 46.1 Å². The molecule has 190 valence electrons. The summed E-state index contributed by atoms with van der Waals surface area (Å²) < 4.78 is 4.05. The van der Waals surface area contributed by atoms with Gasteiger partial charge in [0.2, 0.25) is 0 Å². The average Bonchev–Trinajstić information content (AvgIpc) is 3.59. The molecule has 0 saturated heterocycles. The number of hydrogen-bond donors (Lipinski definition) is 0. The summed E-state index contributed by atoms with van der Waals surface area (Å²) in [5.41, 5.74) is 8.89. The minimum Gasteiger partial charge on any atom is -1.00 e. The van der Waals surface area contributed by atoms with Crippen molar-refractivity contribution in [3.8, 4) is 11.1 Å². The van der Waals surface area contributed by atoms with Crippen molar-refractivity contribution in [2.75, 3.05) is 0 Å². The van der Waals surface area contributed by atoms with Crippen LogP contribution in [-0.2, 0) is 21.3 Å². The minimum absolute atomic E-state index is 0. The van der Waals surface area contributed by atoms with Gasteiger partial charge >= 0.3 is 224 Å². The number of fused-ring (bicyclic) bond motifs is 3. The largest absolute Gasteiger partial charge is 1.00 e. The summed E-state index contributed by atoms with van der Waals surface area (Å²) in [5, 5.41) is 0. The minimum atomic E-state index is -2.49. The molecule has 0 nitrogen and oxygen atoms in total. The zero-order valence-electron chi connectivity index (χ0n) is 21.8. The molecule has 0 N–H and O–H groups in total. The predicted octanol–water partition coefficient (Wildman–Crippen LogP) is 3.01. The van der Waals surface area contributed by atoms with E-state index < -0.39 is 21.3 Å². The second-order valence-electron chi connectivity index (χ2n) is 10.1. The van der Waals surface area contributed by atoms with Crippen molar-refractivity contribution in [2.45, 2.75) is 35.7 Å². The Labute approximate surface area is 247 Å². The molecule has 0 saturated carbocycles. The second kappa shape index (κ2) is 12.7. The van der Waals surface area contributed by atoms with Gasteiger partial charge in [0.25, 0.3) is 0 Å². The van der Waals surface area contributed by atoms with Gasteiger partial charge in [-0.1, -0.05) is 0 Å². The van der Waals surface area contributed by atoms with Crippen molar-refractivity contribution in [2.24, 2.45) is 0 Å². The van der Waals surface area contributed by atoms with Gasteiger partial charge in [-0.2, -0.15) is 0 Å². The molecule has 38 heavy (non-hydrogen) atoms. The number of hydrogen-bond acceptors (Lipinski definition) is 0. The van der Waals surface area contributed by atoms with Gasteiger partial charge in [0, 0.05) is 0 Å². The molecular weight excluding hydrogens is 583 g/mol. The van der Waals surface area contributed by atoms with Crippen molar-refractivity contribution >= 4 is 3.21 Å². The Hall–Kier alpha value is -2.31. The zero-order chi connectivity index (χ0) is 24.5. The van der Waals surface area contributed by atoms with Crippen LogP contribution < -0.4 is 24.8 Å². The van der Waals surface area contributed by atoms with Crippen LogP contribution in [0.15, 0.2) is 131 Å². The summed E-state index contributed by atoms with van der Waals surface area (Å²) in [6, 6.07) is 40.9. The van der Waals surface area contributed by atoms with E-state index in [0.717, 1.165) is 6.42 Å². The average molecular weight is 615 g/mol. The van der Waals surface area contributed by atoms with E-state index in [0.29, 0.717) is 15.5 Å². The Kier molecular flexibility index (Phi) is 9.59. The van der Waals surface area contributed by atoms with Crippen molar-refractivity contribution in [1.82, 2.24) is 0 Å². The third kappa shape index (κ3) is 5.27. The molecule has 2 aliphatic carbocycles. The smallest absolute Gasteiger partial charge is 1.00 e. The molecule has 0 aromatic heterocycles. The Morgan fingerprint density at radius 1 is 0.632 bits per heavy atom. The van der Waals surface area contributed by atoms with Gasteiger partial charge in [-0.25, -0.2) is 0 Å². The maximum atomic E-state index is 2.48. The van der Waals surface area contributed by atoms with Gasteiger partial charge < -0.3 is 24.8 Å². The molecule has 4 aromatic carbocycles. The summed E-state index contributed by atoms with van der Waals surface area (Å²) >= 11 is -2.49. The molecule has 0 fully saturated rings. The first-order valence-corrected chi connectivity index (χ1v) is 17.0. The molecule has 4 aromatic rings. The van der Waals surface area contributed by atoms with Crippen LogP contribution in [0.25, 0.3) is 11.1 Å². The molecular formula is C35H32Cl2Zr. The van der Waals surface area contributed by atoms with Crippen molar-refractivity contribution in [3.63, 3.8) is 0 Å². The Balaban J connectivity index is 0.00000168. The van der Waals surface area contributed by atoms with Crippen molar-refractivity contribution in [3.05, 3.63) is 153 Å². The van der Waals surface area contributed by atoms with Gasteiger partial charge in [-0.15, -0.1) is 0 Å². The Morgan fingerprint density at radius 2 is 1.08 bits per heavy atom. The number of allylic oxidation sites excluding steroid dienone is 4. The van der Waals surface area contributed by atoms with Crippen LogP contribution in [0.5, 0.6) is 0 Å². The molecule has 2 unspecified atom stereocenters. The second-order valence-corrected chi connectivity index (χ2v) is 16.5. The first kappa shape index (κ1) is 28.7. The van der Waals surface area contributed by atoms with E-state index in [9.17, 15) is 0 Å². The molecule has 0 aliphatic heterocycles. The molecule has 3 heteroatoms. The predicted molar refractivity (Wildman–Crippen MR) is 150 cm³/mol. The van der Waals surface area contributed by atoms with Crippen LogP contribution >= 0.6 is 0 Å². The number of benzene rings is 4. The topological polar surface area (TPSA) is 0 Å². The molecule has 0 amide bonds. The monoisotopic (exact) mass is 612 g/mol. The van der Waals surface area contributed by atoms with E-state index >= 15 is 0 Å². The van der Waals surface area contributed by atoms with E-state index in [-0.39, 0.29) is 24.8 Å². The SMILES string of the molecule is CC([C](C(C)c1ccccc1)=[Zr+2]([C]1=CC=CC1)[CH]1c2ccccc2-c2ccccc21)c1ccccc1.[Cl-].[Cl-]. The molecule has 6 rings (SSSR count). The molecule has 2 aliphatic rings. The van der Waals surface area contributed by atoms with E-state index in [1.165, 1.54) is 22.3 Å². The molecule has 0 spiro atoms. The summed E-state index contributed by atoms with van der Waals surface area (Å²) in [7, 11) is 0. The fourth-order valence-electron chi connectivity index (χ4n) is 6.34. The van der Waals surface area contributed by atoms with E-state index in [1.54, 1.807) is 17.6 Å². The zero-order valence-corrected chi connectivity index (χ0v) is 25.8. The maximum Gasteiger partial charge on any atom is -1.00 e. The third-order valence-corrected chi connectivity index (χ3v) is 17.3. The number of rotatable bonds is 6. The van der Waals surface area contributed by atoms with Gasteiger partial charge in [-0.05, 0) is 0 Å². The quantitative estimate of drug-likeness (QED) is 0.314. The van der Waals surface area contributed by atoms with Gasteiger partial charge in [0.15, 0.2) is 0 Å². The number of halogens is 2. The van der Waals surface area contributed by atoms with Crippen LogP contribution in [0, 0.1) is 0 Å². The fraction of sp³-hybridized carbons (Fsp3) is 0.171. The molecule has 0 radical (unpaired) electrons. The van der Waals surface area contributed by atoms with Crippen molar-refractivity contribution in [1.29, 1.82) is 0 Å². The Bertz CT molecular complexity index is 1390. The van der Waals surface area contributed by atoms with Gasteiger partial charge in [-0.3, -0.25) is 0 Å². The standard InChI is InChI=1S/C17H18.C13H9.C5H5.2ClH.Zr/c1-14(16-9-5-3-6-10-16)13-15(2)17-11-7-4-8-12-17;1-3-7-12-10(5-1)9-11-6-2-4-8-13(11)12;1-2-4-5-3-1;;;/h3-12,14-15H,1-2H3;1-9H;1-3H,4H2;2*1H;/q;;;;;+2/p-2. The van der Waals surface area contributed by atoms with E-state index in [4.69, 9.17) is 0 Å². The summed E-state index contributed by atoms with van der Waals surface area (Å²) in [6.07, 6.45) is 8.27. The summed E-state index contributed by atoms with van der Waals surface area (Å²) in [5.74, 6) is 0.828. The fourth-order valence-corrected chi connectivity index (χ4v) is 16.4. The molecule has 0 heterocycles.